The summed E-state index contributed by atoms with van der Waals surface area (Å²) in [6, 6.07) is 13.5. The molecule has 0 spiro atoms. The molecule has 2 aromatic carbocycles. The average molecular weight is 372 g/mol. The van der Waals surface area contributed by atoms with Crippen LogP contribution in [0.4, 0.5) is 10.5 Å². The summed E-state index contributed by atoms with van der Waals surface area (Å²) in [6.45, 7) is 3.11. The molecule has 0 radical (unpaired) electrons. The molecule has 1 heterocycles. The lowest BCUT2D eigenvalue weighted by Crippen LogP contribution is -2.42. The molecule has 0 saturated carbocycles. The molecule has 1 aliphatic heterocycles. The predicted octanol–water partition coefficient (Wildman–Crippen LogP) is 3.05. The third-order valence-electron chi connectivity index (χ3n) is 4.33. The highest BCUT2D eigenvalue weighted by Gasteiger charge is 2.49. The van der Waals surface area contributed by atoms with Crippen molar-refractivity contribution >= 4 is 35.1 Å². The Morgan fingerprint density at radius 1 is 1.19 bits per heavy atom. The smallest absolute Gasteiger partial charge is 0.323 e. The van der Waals surface area contributed by atoms with Crippen LogP contribution in [-0.2, 0) is 15.1 Å². The van der Waals surface area contributed by atoms with Crippen LogP contribution in [0.5, 0.6) is 0 Å². The Balaban J connectivity index is 1.74. The minimum absolute atomic E-state index is 0.392. The first-order valence-electron chi connectivity index (χ1n) is 8.07. The van der Waals surface area contributed by atoms with Gasteiger partial charge in [0.15, 0.2) is 0 Å². The lowest BCUT2D eigenvalue weighted by molar-refractivity contribution is -0.133. The van der Waals surface area contributed by atoms with Crippen molar-refractivity contribution in [2.24, 2.45) is 0 Å². The first-order valence-corrected chi connectivity index (χ1v) is 8.45. The maximum atomic E-state index is 12.8. The van der Waals surface area contributed by atoms with Crippen LogP contribution in [0.15, 0.2) is 48.5 Å². The van der Waals surface area contributed by atoms with Gasteiger partial charge >= 0.3 is 6.03 Å². The standard InChI is InChI=1S/C19H18ClN3O3/c1-12-8-9-15(14(20)10-12)21-16(24)11-23-17(25)19(2,22-18(23)26)13-6-4-3-5-7-13/h3-10H,11H2,1-2H3,(H,21,24)(H,22,26). The third kappa shape index (κ3) is 3.28. The SMILES string of the molecule is Cc1ccc(NC(=O)CN2C(=O)NC(C)(c3ccccc3)C2=O)c(Cl)c1. The van der Waals surface area contributed by atoms with Crippen LogP contribution in [0.3, 0.4) is 0 Å². The van der Waals surface area contributed by atoms with Crippen molar-refractivity contribution in [3.63, 3.8) is 0 Å². The molecule has 26 heavy (non-hydrogen) atoms. The zero-order chi connectivity index (χ0) is 18.9. The zero-order valence-corrected chi connectivity index (χ0v) is 15.1. The van der Waals surface area contributed by atoms with Crippen LogP contribution in [-0.4, -0.2) is 29.3 Å². The van der Waals surface area contributed by atoms with Gasteiger partial charge in [0.25, 0.3) is 5.91 Å². The van der Waals surface area contributed by atoms with Gasteiger partial charge in [0.05, 0.1) is 10.7 Å². The number of rotatable bonds is 4. The zero-order valence-electron chi connectivity index (χ0n) is 14.4. The summed E-state index contributed by atoms with van der Waals surface area (Å²) >= 11 is 6.10. The van der Waals surface area contributed by atoms with Crippen LogP contribution < -0.4 is 10.6 Å². The number of imide groups is 1. The first-order chi connectivity index (χ1) is 12.3. The Morgan fingerprint density at radius 2 is 1.88 bits per heavy atom. The lowest BCUT2D eigenvalue weighted by atomic mass is 9.92. The summed E-state index contributed by atoms with van der Waals surface area (Å²) in [5.41, 5.74) is 0.851. The summed E-state index contributed by atoms with van der Waals surface area (Å²) in [6.07, 6.45) is 0. The number of anilines is 1. The molecule has 1 aliphatic rings. The fourth-order valence-electron chi connectivity index (χ4n) is 2.86. The molecule has 2 aromatic rings. The fraction of sp³-hybridized carbons (Fsp3) is 0.211. The van der Waals surface area contributed by atoms with E-state index in [9.17, 15) is 14.4 Å². The monoisotopic (exact) mass is 371 g/mol. The Bertz CT molecular complexity index is 885. The number of nitrogens with zero attached hydrogens (tertiary/aromatic N) is 1. The molecule has 6 nitrogen and oxygen atoms in total. The van der Waals surface area contributed by atoms with Crippen LogP contribution in [0, 0.1) is 6.92 Å². The van der Waals surface area contributed by atoms with E-state index < -0.39 is 29.9 Å². The van der Waals surface area contributed by atoms with Gasteiger partial charge in [-0.25, -0.2) is 4.79 Å². The normalized spacial score (nSPS) is 19.4. The number of aryl methyl sites for hydroxylation is 1. The quantitative estimate of drug-likeness (QED) is 0.811. The number of amides is 4. The molecule has 2 N–H and O–H groups in total. The maximum Gasteiger partial charge on any atom is 0.325 e. The van der Waals surface area contributed by atoms with Crippen molar-refractivity contribution in [1.82, 2.24) is 10.2 Å². The summed E-state index contributed by atoms with van der Waals surface area (Å²) in [7, 11) is 0. The second kappa shape index (κ2) is 6.80. The van der Waals surface area contributed by atoms with Gasteiger partial charge in [-0.1, -0.05) is 48.0 Å². The number of halogens is 1. The van der Waals surface area contributed by atoms with Crippen LogP contribution in [0.1, 0.15) is 18.1 Å². The van der Waals surface area contributed by atoms with E-state index >= 15 is 0 Å². The highest BCUT2D eigenvalue weighted by Crippen LogP contribution is 2.28. The van der Waals surface area contributed by atoms with E-state index in [1.165, 1.54) is 0 Å². The van der Waals surface area contributed by atoms with Crippen molar-refractivity contribution in [3.8, 4) is 0 Å². The molecule has 7 heteroatoms. The van der Waals surface area contributed by atoms with E-state index in [4.69, 9.17) is 11.6 Å². The second-order valence-corrected chi connectivity index (χ2v) is 6.75. The molecule has 1 unspecified atom stereocenters. The summed E-state index contributed by atoms with van der Waals surface area (Å²) < 4.78 is 0. The molecule has 0 aromatic heterocycles. The van der Waals surface area contributed by atoms with Gasteiger partial charge in [0.1, 0.15) is 12.1 Å². The maximum absolute atomic E-state index is 12.8. The fourth-order valence-corrected chi connectivity index (χ4v) is 3.14. The van der Waals surface area contributed by atoms with Crippen molar-refractivity contribution < 1.29 is 14.4 Å². The Kier molecular flexibility index (Phi) is 4.70. The van der Waals surface area contributed by atoms with Crippen molar-refractivity contribution in [2.45, 2.75) is 19.4 Å². The first kappa shape index (κ1) is 17.9. The second-order valence-electron chi connectivity index (χ2n) is 6.34. The number of carbonyl (C=O) groups excluding carboxylic acids is 3. The van der Waals surface area contributed by atoms with E-state index in [0.717, 1.165) is 10.5 Å². The molecule has 134 valence electrons. The van der Waals surface area contributed by atoms with E-state index in [2.05, 4.69) is 10.6 Å². The Hall–Kier alpha value is -2.86. The van der Waals surface area contributed by atoms with Gasteiger partial charge < -0.3 is 10.6 Å². The molecule has 0 bridgehead atoms. The minimum atomic E-state index is -1.19. The molecule has 1 fully saturated rings. The van der Waals surface area contributed by atoms with Gasteiger partial charge in [-0.2, -0.15) is 0 Å². The lowest BCUT2D eigenvalue weighted by Gasteiger charge is -2.22. The van der Waals surface area contributed by atoms with Gasteiger partial charge in [-0.15, -0.1) is 0 Å². The van der Waals surface area contributed by atoms with E-state index in [1.807, 2.05) is 19.1 Å². The molecule has 1 saturated heterocycles. The van der Waals surface area contributed by atoms with Crippen molar-refractivity contribution in [3.05, 3.63) is 64.7 Å². The third-order valence-corrected chi connectivity index (χ3v) is 4.64. The Labute approximate surface area is 156 Å². The summed E-state index contributed by atoms with van der Waals surface area (Å²) in [5, 5.41) is 5.69. The van der Waals surface area contributed by atoms with Crippen LogP contribution in [0.2, 0.25) is 5.02 Å². The highest BCUT2D eigenvalue weighted by molar-refractivity contribution is 6.33. The topological polar surface area (TPSA) is 78.5 Å². The van der Waals surface area contributed by atoms with E-state index in [-0.39, 0.29) is 0 Å². The number of carbonyl (C=O) groups is 3. The number of nitrogens with one attached hydrogen (secondary N) is 2. The number of benzene rings is 2. The molecular weight excluding hydrogens is 354 g/mol. The molecule has 0 aliphatic carbocycles. The average Bonchev–Trinajstić information content (AvgIpc) is 2.82. The minimum Gasteiger partial charge on any atom is -0.323 e. The molecule has 3 rings (SSSR count). The van der Waals surface area contributed by atoms with Crippen molar-refractivity contribution in [2.75, 3.05) is 11.9 Å². The largest absolute Gasteiger partial charge is 0.325 e. The van der Waals surface area contributed by atoms with Gasteiger partial charge in [0.2, 0.25) is 5.91 Å². The molecule has 1 atom stereocenters. The van der Waals surface area contributed by atoms with Crippen molar-refractivity contribution in [1.29, 1.82) is 0 Å². The molecule has 4 amide bonds. The number of urea groups is 1. The van der Waals surface area contributed by atoms with Gasteiger partial charge in [-0.3, -0.25) is 14.5 Å². The number of hydrogen-bond acceptors (Lipinski definition) is 3. The summed E-state index contributed by atoms with van der Waals surface area (Å²) in [4.78, 5) is 38.2. The predicted molar refractivity (Wildman–Crippen MR) is 98.9 cm³/mol. The molecular formula is C19H18ClN3O3. The van der Waals surface area contributed by atoms with Crippen LogP contribution in [0.25, 0.3) is 0 Å². The Morgan fingerprint density at radius 3 is 2.54 bits per heavy atom. The van der Waals surface area contributed by atoms with E-state index in [1.54, 1.807) is 43.3 Å². The summed E-state index contributed by atoms with van der Waals surface area (Å²) in [5.74, 6) is -0.976. The van der Waals surface area contributed by atoms with Crippen LogP contribution >= 0.6 is 11.6 Å². The van der Waals surface area contributed by atoms with E-state index in [0.29, 0.717) is 16.3 Å². The van der Waals surface area contributed by atoms with Gasteiger partial charge in [-0.05, 0) is 37.1 Å². The van der Waals surface area contributed by atoms with Gasteiger partial charge in [0, 0.05) is 0 Å². The highest BCUT2D eigenvalue weighted by atomic mass is 35.5. The number of hydrogen-bond donors (Lipinski definition) is 2.